The van der Waals surface area contributed by atoms with Gasteiger partial charge in [-0.05, 0) is 12.5 Å². The van der Waals surface area contributed by atoms with Gasteiger partial charge in [0.1, 0.15) is 5.54 Å². The normalized spacial score (nSPS) is 35.5. The van der Waals surface area contributed by atoms with E-state index in [2.05, 4.69) is 15.5 Å². The smallest absolute Gasteiger partial charge is 0.241 e. The van der Waals surface area contributed by atoms with E-state index in [-0.39, 0.29) is 23.3 Å². The zero-order valence-electron chi connectivity index (χ0n) is 11.3. The number of rotatable bonds is 3. The molecule has 0 bridgehead atoms. The zero-order chi connectivity index (χ0) is 13.7. The predicted octanol–water partition coefficient (Wildman–Crippen LogP) is 0.168. The first kappa shape index (κ1) is 12.6. The molecule has 1 saturated heterocycles. The lowest BCUT2D eigenvalue weighted by Gasteiger charge is -2.60. The summed E-state index contributed by atoms with van der Waals surface area (Å²) in [5.41, 5.74) is 6.13. The molecular weight excluding hydrogens is 244 g/mol. The Morgan fingerprint density at radius 3 is 3.16 bits per heavy atom. The van der Waals surface area contributed by atoms with Crippen LogP contribution in [0, 0.1) is 11.3 Å². The van der Waals surface area contributed by atoms with Crippen LogP contribution in [0.1, 0.15) is 26.0 Å². The molecule has 104 valence electrons. The van der Waals surface area contributed by atoms with Crippen molar-refractivity contribution in [3.05, 3.63) is 18.0 Å². The van der Waals surface area contributed by atoms with E-state index >= 15 is 0 Å². The first-order chi connectivity index (χ1) is 8.98. The fourth-order valence-electron chi connectivity index (χ4n) is 3.55. The monoisotopic (exact) mass is 264 g/mol. The number of carbonyl (C=O) groups is 1. The van der Waals surface area contributed by atoms with E-state index in [1.165, 1.54) is 0 Å². The summed E-state index contributed by atoms with van der Waals surface area (Å²) < 4.78 is 5.69. The maximum Gasteiger partial charge on any atom is 0.241 e. The van der Waals surface area contributed by atoms with Crippen LogP contribution in [0.5, 0.6) is 0 Å². The third-order valence-corrected chi connectivity index (χ3v) is 4.83. The minimum Gasteiger partial charge on any atom is -0.377 e. The van der Waals surface area contributed by atoms with Gasteiger partial charge >= 0.3 is 0 Å². The second-order valence-electron chi connectivity index (χ2n) is 6.04. The fraction of sp³-hybridized carbons (Fsp3) is 0.692. The van der Waals surface area contributed by atoms with Crippen LogP contribution in [-0.2, 0) is 16.1 Å². The van der Waals surface area contributed by atoms with E-state index in [4.69, 9.17) is 10.5 Å². The maximum atomic E-state index is 12.5. The van der Waals surface area contributed by atoms with Gasteiger partial charge in [0.05, 0.1) is 18.3 Å². The summed E-state index contributed by atoms with van der Waals surface area (Å²) in [6, 6.07) is 1.83. The average Bonchev–Trinajstić information content (AvgIpc) is 3.04. The van der Waals surface area contributed by atoms with E-state index in [9.17, 15) is 4.79 Å². The molecule has 0 radical (unpaired) electrons. The summed E-state index contributed by atoms with van der Waals surface area (Å²) in [6.07, 6.45) is 2.63. The first-order valence-electron chi connectivity index (χ1n) is 6.65. The number of amides is 1. The van der Waals surface area contributed by atoms with Gasteiger partial charge in [-0.15, -0.1) is 0 Å². The molecule has 0 aromatic carbocycles. The Morgan fingerprint density at radius 2 is 2.47 bits per heavy atom. The molecule has 19 heavy (non-hydrogen) atoms. The van der Waals surface area contributed by atoms with Crippen molar-refractivity contribution in [1.82, 2.24) is 15.5 Å². The summed E-state index contributed by atoms with van der Waals surface area (Å²) in [5, 5.41) is 9.57. The molecule has 2 heterocycles. The molecule has 1 amide bonds. The molecule has 2 aliphatic rings. The van der Waals surface area contributed by atoms with Crippen LogP contribution in [-0.4, -0.2) is 34.4 Å². The predicted molar refractivity (Wildman–Crippen MR) is 69.0 cm³/mol. The van der Waals surface area contributed by atoms with E-state index in [0.29, 0.717) is 13.2 Å². The molecule has 1 aromatic heterocycles. The molecule has 1 saturated carbocycles. The topological polar surface area (TPSA) is 93.0 Å². The van der Waals surface area contributed by atoms with Crippen molar-refractivity contribution in [2.75, 3.05) is 6.61 Å². The number of aromatic amines is 1. The van der Waals surface area contributed by atoms with Crippen LogP contribution in [0.4, 0.5) is 0 Å². The number of nitrogens with zero attached hydrogens (tertiary/aromatic N) is 1. The minimum absolute atomic E-state index is 0.0983. The molecule has 6 nitrogen and oxygen atoms in total. The lowest BCUT2D eigenvalue weighted by atomic mass is 9.48. The lowest BCUT2D eigenvalue weighted by molar-refractivity contribution is -0.175. The Kier molecular flexibility index (Phi) is 2.69. The van der Waals surface area contributed by atoms with Crippen molar-refractivity contribution in [2.45, 2.75) is 38.5 Å². The third-order valence-electron chi connectivity index (χ3n) is 4.83. The van der Waals surface area contributed by atoms with Gasteiger partial charge in [0.15, 0.2) is 0 Å². The van der Waals surface area contributed by atoms with Crippen molar-refractivity contribution in [2.24, 2.45) is 17.1 Å². The number of ether oxygens (including phenoxy) is 1. The van der Waals surface area contributed by atoms with E-state index < -0.39 is 5.54 Å². The van der Waals surface area contributed by atoms with Crippen LogP contribution >= 0.6 is 0 Å². The van der Waals surface area contributed by atoms with Gasteiger partial charge in [0.2, 0.25) is 5.91 Å². The Hall–Kier alpha value is -1.40. The van der Waals surface area contributed by atoms with Gasteiger partial charge < -0.3 is 15.8 Å². The summed E-state index contributed by atoms with van der Waals surface area (Å²) in [6.45, 7) is 5.14. The van der Waals surface area contributed by atoms with Crippen LogP contribution in [0.15, 0.2) is 12.3 Å². The second kappa shape index (κ2) is 4.05. The summed E-state index contributed by atoms with van der Waals surface area (Å²) in [7, 11) is 0. The molecule has 6 heteroatoms. The number of fused-ring (bicyclic) bond motifs is 1. The maximum absolute atomic E-state index is 12.5. The second-order valence-corrected chi connectivity index (χ2v) is 6.04. The summed E-state index contributed by atoms with van der Waals surface area (Å²) >= 11 is 0. The van der Waals surface area contributed by atoms with Crippen LogP contribution in [0.3, 0.4) is 0 Å². The summed E-state index contributed by atoms with van der Waals surface area (Å²) in [4.78, 5) is 12.5. The number of aromatic nitrogens is 2. The van der Waals surface area contributed by atoms with E-state index in [0.717, 1.165) is 12.1 Å². The van der Waals surface area contributed by atoms with Crippen molar-refractivity contribution >= 4 is 5.91 Å². The fourth-order valence-corrected chi connectivity index (χ4v) is 3.55. The number of carbonyl (C=O) groups excluding carboxylic acids is 1. The summed E-state index contributed by atoms with van der Waals surface area (Å²) in [5.74, 6) is 0.0307. The van der Waals surface area contributed by atoms with Crippen LogP contribution in [0.25, 0.3) is 0 Å². The number of nitrogens with two attached hydrogens (primary N) is 1. The number of hydrogen-bond acceptors (Lipinski definition) is 4. The highest BCUT2D eigenvalue weighted by atomic mass is 16.5. The molecule has 3 atom stereocenters. The first-order valence-corrected chi connectivity index (χ1v) is 6.65. The highest BCUT2D eigenvalue weighted by molar-refractivity contribution is 5.89. The van der Waals surface area contributed by atoms with Crippen LogP contribution < -0.4 is 11.1 Å². The molecule has 3 unspecified atom stereocenters. The van der Waals surface area contributed by atoms with Gasteiger partial charge in [-0.3, -0.25) is 9.89 Å². The molecule has 1 aliphatic carbocycles. The number of hydrogen-bond donors (Lipinski definition) is 3. The molecule has 3 rings (SSSR count). The Labute approximate surface area is 112 Å². The van der Waals surface area contributed by atoms with Gasteiger partial charge in [-0.1, -0.05) is 13.8 Å². The number of nitrogens with one attached hydrogen (secondary N) is 2. The molecule has 4 N–H and O–H groups in total. The van der Waals surface area contributed by atoms with Crippen molar-refractivity contribution in [3.63, 3.8) is 0 Å². The lowest BCUT2D eigenvalue weighted by Crippen LogP contribution is -2.80. The van der Waals surface area contributed by atoms with E-state index in [1.807, 2.05) is 19.9 Å². The quantitative estimate of drug-likeness (QED) is 0.725. The molecule has 2 fully saturated rings. The van der Waals surface area contributed by atoms with Gasteiger partial charge in [-0.25, -0.2) is 0 Å². The molecule has 1 aromatic rings. The third kappa shape index (κ3) is 1.56. The molecule has 1 aliphatic heterocycles. The Morgan fingerprint density at radius 1 is 1.68 bits per heavy atom. The largest absolute Gasteiger partial charge is 0.377 e. The van der Waals surface area contributed by atoms with Crippen LogP contribution in [0.2, 0.25) is 0 Å². The van der Waals surface area contributed by atoms with Crippen molar-refractivity contribution < 1.29 is 9.53 Å². The highest BCUT2D eigenvalue weighted by Crippen LogP contribution is 2.58. The van der Waals surface area contributed by atoms with Crippen molar-refractivity contribution in [1.29, 1.82) is 0 Å². The molecular formula is C13H20N4O2. The standard InChI is InChI=1S/C13H20N4O2/c1-12(2)10-9(4-6-19-10)13(12,14)11(18)15-7-8-3-5-16-17-8/h3,5,9-10H,4,6-7,14H2,1-2H3,(H,15,18)(H,16,17). The van der Waals surface area contributed by atoms with Gasteiger partial charge in [-0.2, -0.15) is 5.10 Å². The number of H-pyrrole nitrogens is 1. The average molecular weight is 264 g/mol. The van der Waals surface area contributed by atoms with Gasteiger partial charge in [0, 0.05) is 24.1 Å². The minimum atomic E-state index is -0.839. The molecule has 0 spiro atoms. The highest BCUT2D eigenvalue weighted by Gasteiger charge is 2.71. The SMILES string of the molecule is CC1(C)C2OCCC2C1(N)C(=O)NCc1ccn[nH]1. The van der Waals surface area contributed by atoms with Crippen molar-refractivity contribution in [3.8, 4) is 0 Å². The Bertz CT molecular complexity index is 485. The van der Waals surface area contributed by atoms with Gasteiger partial charge in [0.25, 0.3) is 0 Å². The zero-order valence-corrected chi connectivity index (χ0v) is 11.3. The van der Waals surface area contributed by atoms with E-state index in [1.54, 1.807) is 6.20 Å². The Balaban J connectivity index is 1.72.